The van der Waals surface area contributed by atoms with Crippen molar-refractivity contribution in [3.63, 3.8) is 0 Å². The van der Waals surface area contributed by atoms with E-state index in [1.165, 1.54) is 18.6 Å². The number of nitrogens with one attached hydrogen (secondary N) is 1. The highest BCUT2D eigenvalue weighted by Gasteiger charge is 2.16. The molecule has 150 valence electrons. The number of carbonyl (C=O) groups excluding carboxylic acids is 1. The molecular weight excluding hydrogens is 394 g/mol. The van der Waals surface area contributed by atoms with Gasteiger partial charge in [-0.25, -0.2) is 0 Å². The molecule has 0 radical (unpaired) electrons. The summed E-state index contributed by atoms with van der Waals surface area (Å²) in [6.45, 7) is 0.927. The van der Waals surface area contributed by atoms with Crippen LogP contribution in [0.5, 0.6) is 0 Å². The Kier molecular flexibility index (Phi) is 5.89. The zero-order chi connectivity index (χ0) is 20.2. The number of amides is 1. The molecule has 4 rings (SSSR count). The third-order valence-corrected chi connectivity index (χ3v) is 5.57. The number of aromatic nitrogens is 3. The Balaban J connectivity index is 1.45. The highest BCUT2D eigenvalue weighted by atomic mass is 32.2. The molecule has 29 heavy (non-hydrogen) atoms. The fourth-order valence-corrected chi connectivity index (χ4v) is 3.89. The molecule has 3 aromatic rings. The lowest BCUT2D eigenvalue weighted by Gasteiger charge is -2.09. The van der Waals surface area contributed by atoms with Crippen LogP contribution in [0.25, 0.3) is 11.4 Å². The third kappa shape index (κ3) is 4.64. The number of aryl methyl sites for hydroxylation is 1. The number of alkyl halides is 2. The van der Waals surface area contributed by atoms with Crippen molar-refractivity contribution in [2.24, 2.45) is 0 Å². The van der Waals surface area contributed by atoms with E-state index >= 15 is 0 Å². The van der Waals surface area contributed by atoms with Crippen molar-refractivity contribution < 1.29 is 13.6 Å². The minimum absolute atomic E-state index is 0.289. The van der Waals surface area contributed by atoms with Gasteiger partial charge in [-0.2, -0.15) is 8.78 Å². The van der Waals surface area contributed by atoms with E-state index in [4.69, 9.17) is 0 Å². The number of benzene rings is 2. The van der Waals surface area contributed by atoms with Gasteiger partial charge >= 0.3 is 0 Å². The summed E-state index contributed by atoms with van der Waals surface area (Å²) in [7, 11) is 0. The van der Waals surface area contributed by atoms with Crippen LogP contribution in [0.15, 0.2) is 53.4 Å². The topological polar surface area (TPSA) is 59.8 Å². The van der Waals surface area contributed by atoms with Crippen LogP contribution in [0, 0.1) is 0 Å². The monoisotopic (exact) mass is 414 g/mol. The first-order chi connectivity index (χ1) is 14.1. The third-order valence-electron chi connectivity index (χ3n) is 4.85. The molecule has 1 N–H and O–H groups in total. The Labute approximate surface area is 171 Å². The summed E-state index contributed by atoms with van der Waals surface area (Å²) in [5.74, 6) is -0.883. The minimum atomic E-state index is -2.48. The lowest BCUT2D eigenvalue weighted by atomic mass is 10.1. The highest BCUT2D eigenvalue weighted by Crippen LogP contribution is 2.26. The molecule has 0 saturated carbocycles. The molecule has 0 saturated heterocycles. The second kappa shape index (κ2) is 8.73. The van der Waals surface area contributed by atoms with Gasteiger partial charge in [0.2, 0.25) is 0 Å². The maximum atomic E-state index is 12.4. The molecule has 0 atom stereocenters. The standard InChI is InChI=1S/C21H20F2N4OS/c22-21(23)29-17-11-7-15(8-12-17)20(28)24-16-9-5-14(6-10-16)19-26-25-18-4-2-1-3-13-27(18)19/h5-12,21H,1-4,13H2,(H,24,28). The first-order valence-corrected chi connectivity index (χ1v) is 10.4. The molecular formula is C21H20F2N4OS. The molecule has 5 nitrogen and oxygen atoms in total. The van der Waals surface area contributed by atoms with E-state index < -0.39 is 5.76 Å². The van der Waals surface area contributed by atoms with E-state index in [9.17, 15) is 13.6 Å². The maximum absolute atomic E-state index is 12.4. The lowest BCUT2D eigenvalue weighted by molar-refractivity contribution is 0.102. The van der Waals surface area contributed by atoms with Crippen molar-refractivity contribution in [3.05, 3.63) is 59.9 Å². The van der Waals surface area contributed by atoms with Crippen LogP contribution in [-0.2, 0) is 13.0 Å². The summed E-state index contributed by atoms with van der Waals surface area (Å²) in [4.78, 5) is 12.8. The fourth-order valence-electron chi connectivity index (χ4n) is 3.39. The summed E-state index contributed by atoms with van der Waals surface area (Å²) in [5, 5.41) is 11.5. The number of hydrogen-bond donors (Lipinski definition) is 1. The average molecular weight is 414 g/mol. The SMILES string of the molecule is O=C(Nc1ccc(-c2nnc3n2CCCCC3)cc1)c1ccc(SC(F)F)cc1. The van der Waals surface area contributed by atoms with Crippen LogP contribution in [0.3, 0.4) is 0 Å². The van der Waals surface area contributed by atoms with Crippen LogP contribution < -0.4 is 5.32 Å². The van der Waals surface area contributed by atoms with Crippen molar-refractivity contribution in [2.45, 2.75) is 42.9 Å². The van der Waals surface area contributed by atoms with Gasteiger partial charge in [-0.1, -0.05) is 18.2 Å². The Bertz CT molecular complexity index is 987. The molecule has 2 aromatic carbocycles. The lowest BCUT2D eigenvalue weighted by Crippen LogP contribution is -2.11. The van der Waals surface area contributed by atoms with Crippen molar-refractivity contribution >= 4 is 23.4 Å². The van der Waals surface area contributed by atoms with Crippen molar-refractivity contribution in [3.8, 4) is 11.4 Å². The van der Waals surface area contributed by atoms with Crippen molar-refractivity contribution in [1.29, 1.82) is 0 Å². The first kappa shape index (κ1) is 19.6. The number of carbonyl (C=O) groups is 1. The predicted octanol–water partition coefficient (Wildman–Crippen LogP) is 5.24. The largest absolute Gasteiger partial charge is 0.322 e. The Morgan fingerprint density at radius 1 is 1.00 bits per heavy atom. The van der Waals surface area contributed by atoms with Crippen LogP contribution in [0.1, 0.15) is 35.4 Å². The molecule has 2 heterocycles. The van der Waals surface area contributed by atoms with Crippen LogP contribution in [0.4, 0.5) is 14.5 Å². The summed E-state index contributed by atoms with van der Waals surface area (Å²) >= 11 is 0.456. The predicted molar refractivity (Wildman–Crippen MR) is 109 cm³/mol. The molecule has 1 aliphatic heterocycles. The zero-order valence-electron chi connectivity index (χ0n) is 15.6. The zero-order valence-corrected chi connectivity index (χ0v) is 16.5. The number of rotatable bonds is 5. The van der Waals surface area contributed by atoms with E-state index in [0.29, 0.717) is 27.9 Å². The Morgan fingerprint density at radius 3 is 2.48 bits per heavy atom. The number of halogens is 2. The molecule has 0 unspecified atom stereocenters. The molecule has 1 aliphatic rings. The van der Waals surface area contributed by atoms with Crippen molar-refractivity contribution in [1.82, 2.24) is 14.8 Å². The van der Waals surface area contributed by atoms with E-state index in [-0.39, 0.29) is 5.91 Å². The van der Waals surface area contributed by atoms with Crippen LogP contribution in [-0.4, -0.2) is 26.4 Å². The van der Waals surface area contributed by atoms with E-state index in [1.54, 1.807) is 12.1 Å². The second-order valence-corrected chi connectivity index (χ2v) is 7.90. The van der Waals surface area contributed by atoms with Gasteiger partial charge in [0.05, 0.1) is 0 Å². The summed E-state index contributed by atoms with van der Waals surface area (Å²) in [6.07, 6.45) is 4.43. The second-order valence-electron chi connectivity index (χ2n) is 6.84. The summed E-state index contributed by atoms with van der Waals surface area (Å²) in [5.41, 5.74) is 2.02. The number of fused-ring (bicyclic) bond motifs is 1. The van der Waals surface area contributed by atoms with Gasteiger partial charge in [-0.05, 0) is 61.4 Å². The molecule has 0 fully saturated rings. The fraction of sp³-hybridized carbons (Fsp3) is 0.286. The van der Waals surface area contributed by atoms with E-state index in [2.05, 4.69) is 20.1 Å². The molecule has 0 spiro atoms. The quantitative estimate of drug-likeness (QED) is 0.580. The number of hydrogen-bond acceptors (Lipinski definition) is 4. The van der Waals surface area contributed by atoms with Gasteiger partial charge in [0.1, 0.15) is 5.82 Å². The average Bonchev–Trinajstić information content (AvgIpc) is 2.97. The Morgan fingerprint density at radius 2 is 1.76 bits per heavy atom. The maximum Gasteiger partial charge on any atom is 0.288 e. The first-order valence-electron chi connectivity index (χ1n) is 9.49. The Hall–Kier alpha value is -2.74. The van der Waals surface area contributed by atoms with Crippen LogP contribution >= 0.6 is 11.8 Å². The van der Waals surface area contributed by atoms with Crippen molar-refractivity contribution in [2.75, 3.05) is 5.32 Å². The minimum Gasteiger partial charge on any atom is -0.322 e. The van der Waals surface area contributed by atoms with E-state index in [1.807, 2.05) is 24.3 Å². The van der Waals surface area contributed by atoms with Gasteiger partial charge in [0.15, 0.2) is 5.82 Å². The smallest absolute Gasteiger partial charge is 0.288 e. The van der Waals surface area contributed by atoms with Gasteiger partial charge < -0.3 is 9.88 Å². The van der Waals surface area contributed by atoms with Gasteiger partial charge in [-0.3, -0.25) is 4.79 Å². The normalized spacial score (nSPS) is 13.8. The van der Waals surface area contributed by atoms with Gasteiger partial charge in [0, 0.05) is 34.7 Å². The summed E-state index contributed by atoms with van der Waals surface area (Å²) in [6, 6.07) is 13.6. The molecule has 8 heteroatoms. The molecule has 1 aromatic heterocycles. The summed E-state index contributed by atoms with van der Waals surface area (Å²) < 4.78 is 27.0. The van der Waals surface area contributed by atoms with Crippen LogP contribution in [0.2, 0.25) is 0 Å². The van der Waals surface area contributed by atoms with Gasteiger partial charge in [-0.15, -0.1) is 10.2 Å². The number of anilines is 1. The van der Waals surface area contributed by atoms with Gasteiger partial charge in [0.25, 0.3) is 11.7 Å². The molecule has 0 aliphatic carbocycles. The molecule has 1 amide bonds. The highest BCUT2D eigenvalue weighted by molar-refractivity contribution is 7.99. The van der Waals surface area contributed by atoms with E-state index in [0.717, 1.165) is 43.0 Å². The number of nitrogens with zero attached hydrogens (tertiary/aromatic N) is 3. The number of thioether (sulfide) groups is 1. The molecule has 0 bridgehead atoms.